The monoisotopic (exact) mass is 390 g/mol. The Morgan fingerprint density at radius 3 is 2.52 bits per heavy atom. The van der Waals surface area contributed by atoms with Crippen LogP contribution >= 0.6 is 0 Å². The maximum absolute atomic E-state index is 12.7. The molecule has 5 heteroatoms. The standard InChI is InChI=1S/C24H26N2O3/c1-15-4-11-21-19(14-29-23(21)16(15)2)12-22(27)26(3)13-17-5-7-18(8-6-17)24(28)25-20-9-10-20/h4-8,11,14,20H,9-10,12-13H2,1-3H3,(H,25,28). The molecule has 1 aromatic heterocycles. The number of fused-ring (bicyclic) bond motifs is 1. The molecular weight excluding hydrogens is 364 g/mol. The van der Waals surface area contributed by atoms with Crippen LogP contribution < -0.4 is 5.32 Å². The fraction of sp³-hybridized carbons (Fsp3) is 0.333. The highest BCUT2D eigenvalue weighted by molar-refractivity contribution is 5.94. The highest BCUT2D eigenvalue weighted by atomic mass is 16.3. The summed E-state index contributed by atoms with van der Waals surface area (Å²) in [6.45, 7) is 4.58. The Bertz CT molecular complexity index is 1060. The molecule has 1 aliphatic rings. The van der Waals surface area contributed by atoms with Gasteiger partial charge in [0, 0.05) is 36.1 Å². The summed E-state index contributed by atoms with van der Waals surface area (Å²) in [6, 6.07) is 11.9. The molecule has 150 valence electrons. The van der Waals surface area contributed by atoms with E-state index in [9.17, 15) is 9.59 Å². The van der Waals surface area contributed by atoms with Crippen molar-refractivity contribution in [3.05, 3.63) is 70.5 Å². The first-order valence-corrected chi connectivity index (χ1v) is 10.0. The zero-order chi connectivity index (χ0) is 20.5. The lowest BCUT2D eigenvalue weighted by molar-refractivity contribution is -0.129. The van der Waals surface area contributed by atoms with Crippen molar-refractivity contribution < 1.29 is 14.0 Å². The van der Waals surface area contributed by atoms with Crippen molar-refractivity contribution in [2.45, 2.75) is 45.7 Å². The first-order chi connectivity index (χ1) is 13.9. The molecule has 0 bridgehead atoms. The average molecular weight is 390 g/mol. The number of hydrogen-bond donors (Lipinski definition) is 1. The van der Waals surface area contributed by atoms with Crippen LogP contribution in [0.2, 0.25) is 0 Å². The second kappa shape index (κ2) is 7.74. The smallest absolute Gasteiger partial charge is 0.251 e. The van der Waals surface area contributed by atoms with E-state index >= 15 is 0 Å². The van der Waals surface area contributed by atoms with Crippen LogP contribution in [0, 0.1) is 13.8 Å². The Labute approximate surface area is 170 Å². The van der Waals surface area contributed by atoms with Gasteiger partial charge in [0.1, 0.15) is 5.58 Å². The Morgan fingerprint density at radius 2 is 1.83 bits per heavy atom. The molecule has 5 nitrogen and oxygen atoms in total. The topological polar surface area (TPSA) is 62.6 Å². The predicted molar refractivity (Wildman–Crippen MR) is 113 cm³/mol. The van der Waals surface area contributed by atoms with Gasteiger partial charge in [-0.05, 0) is 55.5 Å². The number of furan rings is 1. The molecule has 0 saturated heterocycles. The third kappa shape index (κ3) is 4.19. The van der Waals surface area contributed by atoms with E-state index in [1.54, 1.807) is 18.2 Å². The minimum atomic E-state index is -0.0270. The van der Waals surface area contributed by atoms with E-state index < -0.39 is 0 Å². The summed E-state index contributed by atoms with van der Waals surface area (Å²) in [5.41, 5.74) is 5.71. The van der Waals surface area contributed by atoms with Crippen LogP contribution in [0.5, 0.6) is 0 Å². The molecule has 1 saturated carbocycles. The minimum absolute atomic E-state index is 0.0270. The van der Waals surface area contributed by atoms with E-state index in [-0.39, 0.29) is 11.8 Å². The van der Waals surface area contributed by atoms with Crippen molar-refractivity contribution in [3.63, 3.8) is 0 Å². The zero-order valence-electron chi connectivity index (χ0n) is 17.1. The van der Waals surface area contributed by atoms with E-state index in [4.69, 9.17) is 4.42 Å². The molecular formula is C24H26N2O3. The van der Waals surface area contributed by atoms with Crippen LogP contribution in [-0.4, -0.2) is 29.8 Å². The van der Waals surface area contributed by atoms with Crippen molar-refractivity contribution in [2.75, 3.05) is 7.05 Å². The molecule has 1 fully saturated rings. The molecule has 1 heterocycles. The lowest BCUT2D eigenvalue weighted by atomic mass is 10.0. The summed E-state index contributed by atoms with van der Waals surface area (Å²) in [5, 5.41) is 3.98. The predicted octanol–water partition coefficient (Wildman–Crippen LogP) is 4.14. The molecule has 0 radical (unpaired) electrons. The quantitative estimate of drug-likeness (QED) is 0.688. The van der Waals surface area contributed by atoms with Gasteiger partial charge in [-0.1, -0.05) is 24.3 Å². The second-order valence-electron chi connectivity index (χ2n) is 8.02. The van der Waals surface area contributed by atoms with Gasteiger partial charge in [0.05, 0.1) is 12.7 Å². The van der Waals surface area contributed by atoms with Crippen LogP contribution in [-0.2, 0) is 17.8 Å². The Hall–Kier alpha value is -3.08. The van der Waals surface area contributed by atoms with Crippen LogP contribution in [0.15, 0.2) is 47.1 Å². The third-order valence-electron chi connectivity index (χ3n) is 5.66. The number of likely N-dealkylation sites (N-methyl/N-ethyl adjacent to an activating group) is 1. The summed E-state index contributed by atoms with van der Waals surface area (Å²) >= 11 is 0. The van der Waals surface area contributed by atoms with Gasteiger partial charge in [0.2, 0.25) is 5.91 Å². The van der Waals surface area contributed by atoms with E-state index in [1.165, 1.54) is 5.56 Å². The van der Waals surface area contributed by atoms with E-state index in [1.807, 2.05) is 37.3 Å². The van der Waals surface area contributed by atoms with E-state index in [2.05, 4.69) is 18.3 Å². The molecule has 1 aliphatic carbocycles. The van der Waals surface area contributed by atoms with Crippen molar-refractivity contribution in [3.8, 4) is 0 Å². The number of rotatable bonds is 6. The van der Waals surface area contributed by atoms with Gasteiger partial charge in [-0.3, -0.25) is 9.59 Å². The van der Waals surface area contributed by atoms with Gasteiger partial charge >= 0.3 is 0 Å². The van der Waals surface area contributed by atoms with Gasteiger partial charge in [-0.25, -0.2) is 0 Å². The molecule has 0 spiro atoms. The molecule has 0 unspecified atom stereocenters. The molecule has 2 aromatic carbocycles. The first-order valence-electron chi connectivity index (χ1n) is 10.0. The summed E-state index contributed by atoms with van der Waals surface area (Å²) in [7, 11) is 1.80. The van der Waals surface area contributed by atoms with Crippen molar-refractivity contribution >= 4 is 22.8 Å². The van der Waals surface area contributed by atoms with Gasteiger partial charge in [0.15, 0.2) is 0 Å². The Kier molecular flexibility index (Phi) is 5.14. The number of nitrogens with one attached hydrogen (secondary N) is 1. The molecule has 2 amide bonds. The molecule has 0 aliphatic heterocycles. The molecule has 3 aromatic rings. The van der Waals surface area contributed by atoms with Gasteiger partial charge in [-0.15, -0.1) is 0 Å². The first kappa shape index (κ1) is 19.2. The summed E-state index contributed by atoms with van der Waals surface area (Å²) in [4.78, 5) is 26.5. The minimum Gasteiger partial charge on any atom is -0.464 e. The number of carbonyl (C=O) groups excluding carboxylic acids is 2. The third-order valence-corrected chi connectivity index (χ3v) is 5.66. The molecule has 4 rings (SSSR count). The molecule has 29 heavy (non-hydrogen) atoms. The number of carbonyl (C=O) groups is 2. The number of aryl methyl sites for hydroxylation is 2. The number of benzene rings is 2. The van der Waals surface area contributed by atoms with Crippen LogP contribution in [0.4, 0.5) is 0 Å². The average Bonchev–Trinajstić information content (AvgIpc) is 3.43. The fourth-order valence-corrected chi connectivity index (χ4v) is 3.44. The number of amides is 2. The lowest BCUT2D eigenvalue weighted by Gasteiger charge is -2.17. The number of hydrogen-bond acceptors (Lipinski definition) is 3. The van der Waals surface area contributed by atoms with Crippen molar-refractivity contribution in [2.24, 2.45) is 0 Å². The van der Waals surface area contributed by atoms with Crippen LogP contribution in [0.1, 0.15) is 45.5 Å². The number of nitrogens with zero attached hydrogens (tertiary/aromatic N) is 1. The van der Waals surface area contributed by atoms with Crippen molar-refractivity contribution in [1.82, 2.24) is 10.2 Å². The fourth-order valence-electron chi connectivity index (χ4n) is 3.44. The maximum atomic E-state index is 12.7. The SMILES string of the molecule is Cc1ccc2c(CC(=O)N(C)Cc3ccc(C(=O)NC4CC4)cc3)coc2c1C. The summed E-state index contributed by atoms with van der Waals surface area (Å²) < 4.78 is 5.72. The highest BCUT2D eigenvalue weighted by Gasteiger charge is 2.23. The van der Waals surface area contributed by atoms with Crippen molar-refractivity contribution in [1.29, 1.82) is 0 Å². The van der Waals surface area contributed by atoms with E-state index in [0.29, 0.717) is 24.6 Å². The van der Waals surface area contributed by atoms with Gasteiger partial charge in [-0.2, -0.15) is 0 Å². The largest absolute Gasteiger partial charge is 0.464 e. The van der Waals surface area contributed by atoms with Crippen LogP contribution in [0.3, 0.4) is 0 Å². The Morgan fingerprint density at radius 1 is 1.10 bits per heavy atom. The molecule has 1 N–H and O–H groups in total. The Balaban J connectivity index is 1.39. The second-order valence-corrected chi connectivity index (χ2v) is 8.02. The zero-order valence-corrected chi connectivity index (χ0v) is 17.1. The summed E-state index contributed by atoms with van der Waals surface area (Å²) in [6.07, 6.45) is 4.13. The molecule has 0 atom stereocenters. The summed E-state index contributed by atoms with van der Waals surface area (Å²) in [5.74, 6) is 0.00216. The highest BCUT2D eigenvalue weighted by Crippen LogP contribution is 2.27. The van der Waals surface area contributed by atoms with Gasteiger partial charge in [0.25, 0.3) is 5.91 Å². The normalized spacial score (nSPS) is 13.5. The lowest BCUT2D eigenvalue weighted by Crippen LogP contribution is -2.28. The van der Waals surface area contributed by atoms with Gasteiger partial charge < -0.3 is 14.6 Å². The maximum Gasteiger partial charge on any atom is 0.251 e. The van der Waals surface area contributed by atoms with Crippen LogP contribution in [0.25, 0.3) is 11.0 Å². The van der Waals surface area contributed by atoms with E-state index in [0.717, 1.165) is 40.5 Å².